The number of nitrogens with zero attached hydrogens (tertiary/aromatic N) is 2. The van der Waals surface area contributed by atoms with Gasteiger partial charge in [-0.15, -0.1) is 0 Å². The summed E-state index contributed by atoms with van der Waals surface area (Å²) >= 11 is 0. The Bertz CT molecular complexity index is 688. The first-order valence-electron chi connectivity index (χ1n) is 6.04. The number of aliphatic carboxylic acids is 2. The zero-order valence-corrected chi connectivity index (χ0v) is 11.1. The molecule has 0 aliphatic rings. The predicted octanol–water partition coefficient (Wildman–Crippen LogP) is 1.65. The molecule has 7 heteroatoms. The second kappa shape index (κ2) is 5.91. The van der Waals surface area contributed by atoms with E-state index in [0.29, 0.717) is 11.5 Å². The van der Waals surface area contributed by atoms with Crippen LogP contribution in [-0.4, -0.2) is 31.9 Å². The molecule has 1 heterocycles. The minimum absolute atomic E-state index is 0.471. The molecule has 0 saturated carbocycles. The highest BCUT2D eigenvalue weighted by Gasteiger charge is 2.16. The van der Waals surface area contributed by atoms with Crippen molar-refractivity contribution in [3.05, 3.63) is 53.9 Å². The van der Waals surface area contributed by atoms with Crippen LogP contribution in [0, 0.1) is 6.92 Å². The number of carboxylic acids is 2. The summed E-state index contributed by atoms with van der Waals surface area (Å²) in [7, 11) is 0. The fraction of sp³-hybridized carbons (Fsp3) is 0.0714. The zero-order valence-electron chi connectivity index (χ0n) is 11.1. The van der Waals surface area contributed by atoms with Crippen molar-refractivity contribution < 1.29 is 19.8 Å². The Morgan fingerprint density at radius 2 is 1.81 bits per heavy atom. The smallest absolute Gasteiger partial charge is 0.344 e. The number of para-hydroxylation sites is 1. The van der Waals surface area contributed by atoms with Crippen molar-refractivity contribution >= 4 is 17.8 Å². The van der Waals surface area contributed by atoms with Crippen LogP contribution in [0.15, 0.2) is 48.2 Å². The predicted molar refractivity (Wildman–Crippen MR) is 75.3 cm³/mol. The van der Waals surface area contributed by atoms with E-state index in [1.807, 2.05) is 30.3 Å². The third-order valence-corrected chi connectivity index (χ3v) is 2.66. The van der Waals surface area contributed by atoms with E-state index in [9.17, 15) is 9.59 Å². The van der Waals surface area contributed by atoms with Gasteiger partial charge in [0.25, 0.3) is 0 Å². The number of rotatable bonds is 5. The van der Waals surface area contributed by atoms with Gasteiger partial charge in [0.05, 0.1) is 11.4 Å². The third-order valence-electron chi connectivity index (χ3n) is 2.66. The number of aryl methyl sites for hydroxylation is 1. The van der Waals surface area contributed by atoms with Crippen LogP contribution >= 0.6 is 0 Å². The summed E-state index contributed by atoms with van der Waals surface area (Å²) in [5.41, 5.74) is 0.726. The molecule has 1 aromatic carbocycles. The van der Waals surface area contributed by atoms with Crippen LogP contribution in [-0.2, 0) is 9.59 Å². The normalized spacial score (nSPS) is 9.95. The molecular weight excluding hydrogens is 274 g/mol. The van der Waals surface area contributed by atoms with Crippen LogP contribution in [0.2, 0.25) is 0 Å². The number of carbonyl (C=O) groups is 2. The molecule has 21 heavy (non-hydrogen) atoms. The quantitative estimate of drug-likeness (QED) is 0.439. The maximum atomic E-state index is 10.8. The fourth-order valence-electron chi connectivity index (χ4n) is 1.73. The molecule has 0 saturated heterocycles. The molecule has 1 aromatic heterocycles. The fourth-order valence-corrected chi connectivity index (χ4v) is 1.73. The minimum atomic E-state index is -1.52. The van der Waals surface area contributed by atoms with Crippen molar-refractivity contribution in [2.24, 2.45) is 0 Å². The van der Waals surface area contributed by atoms with Gasteiger partial charge in [-0.1, -0.05) is 18.2 Å². The zero-order chi connectivity index (χ0) is 15.4. The van der Waals surface area contributed by atoms with Crippen LogP contribution < -0.4 is 5.32 Å². The lowest BCUT2D eigenvalue weighted by Crippen LogP contribution is -2.13. The van der Waals surface area contributed by atoms with Gasteiger partial charge in [0, 0.05) is 12.3 Å². The average molecular weight is 287 g/mol. The van der Waals surface area contributed by atoms with Crippen LogP contribution in [0.4, 0.5) is 5.82 Å². The van der Waals surface area contributed by atoms with E-state index >= 15 is 0 Å². The lowest BCUT2D eigenvalue weighted by molar-refractivity contribution is -0.140. The lowest BCUT2D eigenvalue weighted by atomic mass is 10.3. The number of aromatic nitrogens is 2. The van der Waals surface area contributed by atoms with Gasteiger partial charge in [-0.05, 0) is 19.1 Å². The molecule has 7 nitrogen and oxygen atoms in total. The number of anilines is 1. The summed E-state index contributed by atoms with van der Waals surface area (Å²) in [5, 5.41) is 24.6. The highest BCUT2D eigenvalue weighted by Crippen LogP contribution is 2.17. The second-order valence-electron chi connectivity index (χ2n) is 4.23. The van der Waals surface area contributed by atoms with Gasteiger partial charge in [0.2, 0.25) is 0 Å². The van der Waals surface area contributed by atoms with Crippen molar-refractivity contribution in [1.82, 2.24) is 9.78 Å². The van der Waals surface area contributed by atoms with Gasteiger partial charge in [0.1, 0.15) is 5.82 Å². The summed E-state index contributed by atoms with van der Waals surface area (Å²) in [6.45, 7) is 1.78. The summed E-state index contributed by atoms with van der Waals surface area (Å²) < 4.78 is 1.56. The first-order chi connectivity index (χ1) is 9.99. The second-order valence-corrected chi connectivity index (χ2v) is 4.23. The summed E-state index contributed by atoms with van der Waals surface area (Å²) in [4.78, 5) is 21.6. The average Bonchev–Trinajstić information content (AvgIpc) is 2.80. The van der Waals surface area contributed by atoms with Crippen LogP contribution in [0.5, 0.6) is 0 Å². The van der Waals surface area contributed by atoms with Crippen molar-refractivity contribution in [1.29, 1.82) is 0 Å². The van der Waals surface area contributed by atoms with E-state index in [-0.39, 0.29) is 0 Å². The minimum Gasteiger partial charge on any atom is -0.477 e. The Kier molecular flexibility index (Phi) is 4.03. The number of carboxylic acid groups (broad SMARTS) is 2. The van der Waals surface area contributed by atoms with Crippen LogP contribution in [0.25, 0.3) is 5.69 Å². The van der Waals surface area contributed by atoms with Crippen molar-refractivity contribution in [2.75, 3.05) is 5.32 Å². The monoisotopic (exact) mass is 287 g/mol. The van der Waals surface area contributed by atoms with E-state index in [4.69, 9.17) is 10.2 Å². The van der Waals surface area contributed by atoms with Gasteiger partial charge in [0.15, 0.2) is 5.57 Å². The van der Waals surface area contributed by atoms with Crippen LogP contribution in [0.1, 0.15) is 5.69 Å². The molecule has 0 unspecified atom stereocenters. The molecule has 2 rings (SSSR count). The lowest BCUT2D eigenvalue weighted by Gasteiger charge is -2.07. The van der Waals surface area contributed by atoms with Gasteiger partial charge in [-0.25, -0.2) is 14.3 Å². The van der Waals surface area contributed by atoms with Gasteiger partial charge in [-0.2, -0.15) is 5.10 Å². The maximum absolute atomic E-state index is 10.8. The van der Waals surface area contributed by atoms with Gasteiger partial charge in [-0.3, -0.25) is 0 Å². The summed E-state index contributed by atoms with van der Waals surface area (Å²) in [5.74, 6) is -2.56. The Labute approximate surface area is 120 Å². The molecule has 0 atom stereocenters. The Balaban J connectivity index is 2.36. The largest absolute Gasteiger partial charge is 0.477 e. The molecule has 0 bridgehead atoms. The highest BCUT2D eigenvalue weighted by molar-refractivity contribution is 6.12. The number of hydrogen-bond acceptors (Lipinski definition) is 4. The first-order valence-corrected chi connectivity index (χ1v) is 6.04. The van der Waals surface area contributed by atoms with E-state index in [2.05, 4.69) is 10.4 Å². The molecule has 0 aliphatic heterocycles. The molecule has 0 aliphatic carbocycles. The number of benzene rings is 1. The van der Waals surface area contributed by atoms with Crippen molar-refractivity contribution in [2.45, 2.75) is 6.92 Å². The standard InChI is InChI=1S/C14H13N3O4/c1-9-7-12(15-8-11(13(18)19)14(20)21)17(16-9)10-5-3-2-4-6-10/h2-8,15H,1H3,(H,18,19)(H,20,21). The highest BCUT2D eigenvalue weighted by atomic mass is 16.4. The molecular formula is C14H13N3O4. The Hall–Kier alpha value is -3.09. The third kappa shape index (κ3) is 3.27. The Morgan fingerprint density at radius 1 is 1.19 bits per heavy atom. The molecule has 0 spiro atoms. The number of nitrogens with one attached hydrogen (secondary N) is 1. The van der Waals surface area contributed by atoms with E-state index in [0.717, 1.165) is 11.9 Å². The topological polar surface area (TPSA) is 104 Å². The van der Waals surface area contributed by atoms with Crippen LogP contribution in [0.3, 0.4) is 0 Å². The maximum Gasteiger partial charge on any atom is 0.344 e. The molecule has 0 radical (unpaired) electrons. The van der Waals surface area contributed by atoms with E-state index in [1.54, 1.807) is 17.7 Å². The Morgan fingerprint density at radius 3 is 2.38 bits per heavy atom. The van der Waals surface area contributed by atoms with Crippen molar-refractivity contribution in [3.8, 4) is 5.69 Å². The van der Waals surface area contributed by atoms with E-state index < -0.39 is 17.5 Å². The van der Waals surface area contributed by atoms with Crippen molar-refractivity contribution in [3.63, 3.8) is 0 Å². The van der Waals surface area contributed by atoms with E-state index in [1.165, 1.54) is 0 Å². The number of hydrogen-bond donors (Lipinski definition) is 3. The molecule has 2 aromatic rings. The molecule has 0 amide bonds. The van der Waals surface area contributed by atoms with Gasteiger partial charge >= 0.3 is 11.9 Å². The summed E-state index contributed by atoms with van der Waals surface area (Å²) in [6.07, 6.45) is 0.931. The summed E-state index contributed by atoms with van der Waals surface area (Å²) in [6, 6.07) is 10.9. The van der Waals surface area contributed by atoms with Gasteiger partial charge < -0.3 is 15.5 Å². The molecule has 3 N–H and O–H groups in total. The first kappa shape index (κ1) is 14.3. The SMILES string of the molecule is Cc1cc(NC=C(C(=O)O)C(=O)O)n(-c2ccccc2)n1. The molecule has 108 valence electrons. The molecule has 0 fully saturated rings.